The number of rotatable bonds is 6. The molecule has 1 aliphatic carbocycles. The third-order valence-corrected chi connectivity index (χ3v) is 7.35. The van der Waals surface area contributed by atoms with E-state index >= 15 is 0 Å². The molecule has 1 saturated carbocycles. The molecular formula is C21H23F2N3O3S. The van der Waals surface area contributed by atoms with Gasteiger partial charge in [-0.1, -0.05) is 30.3 Å². The molecule has 0 bridgehead atoms. The van der Waals surface area contributed by atoms with Crippen LogP contribution >= 0.6 is 0 Å². The average Bonchev–Trinajstić information content (AvgIpc) is 3.55. The van der Waals surface area contributed by atoms with Crippen LogP contribution in [0.3, 0.4) is 0 Å². The lowest BCUT2D eigenvalue weighted by Gasteiger charge is -2.38. The van der Waals surface area contributed by atoms with Gasteiger partial charge in [0.15, 0.2) is 11.6 Å². The molecule has 0 unspecified atom stereocenters. The Morgan fingerprint density at radius 2 is 1.63 bits per heavy atom. The highest BCUT2D eigenvalue weighted by Gasteiger charge is 2.36. The van der Waals surface area contributed by atoms with E-state index in [4.69, 9.17) is 0 Å². The van der Waals surface area contributed by atoms with Gasteiger partial charge in [0, 0.05) is 32.2 Å². The van der Waals surface area contributed by atoms with Crippen LogP contribution in [0.1, 0.15) is 24.4 Å². The lowest BCUT2D eigenvalue weighted by molar-refractivity contribution is -0.127. The van der Waals surface area contributed by atoms with Gasteiger partial charge in [-0.2, -0.15) is 4.31 Å². The van der Waals surface area contributed by atoms with Crippen molar-refractivity contribution in [1.29, 1.82) is 0 Å². The van der Waals surface area contributed by atoms with Crippen LogP contribution in [-0.4, -0.2) is 55.8 Å². The zero-order valence-electron chi connectivity index (χ0n) is 16.3. The molecule has 1 aliphatic heterocycles. The molecule has 1 amide bonds. The molecule has 0 spiro atoms. The van der Waals surface area contributed by atoms with Gasteiger partial charge >= 0.3 is 0 Å². The number of sulfonamides is 1. The molecule has 2 aromatic carbocycles. The Kier molecular flexibility index (Phi) is 5.86. The molecule has 1 saturated heterocycles. The second-order valence-corrected chi connectivity index (χ2v) is 9.55. The molecule has 1 N–H and O–H groups in total. The second kappa shape index (κ2) is 8.41. The highest BCUT2D eigenvalue weighted by atomic mass is 32.2. The average molecular weight is 435 g/mol. The van der Waals surface area contributed by atoms with Crippen molar-refractivity contribution >= 4 is 15.9 Å². The maximum Gasteiger partial charge on any atom is 0.243 e. The predicted molar refractivity (Wildman–Crippen MR) is 107 cm³/mol. The minimum absolute atomic E-state index is 0.0828. The largest absolute Gasteiger partial charge is 0.352 e. The van der Waals surface area contributed by atoms with Crippen molar-refractivity contribution in [3.05, 3.63) is 65.7 Å². The third-order valence-electron chi connectivity index (χ3n) is 5.45. The summed E-state index contributed by atoms with van der Waals surface area (Å²) >= 11 is 0. The van der Waals surface area contributed by atoms with Crippen molar-refractivity contribution in [3.8, 4) is 0 Å². The summed E-state index contributed by atoms with van der Waals surface area (Å²) < 4.78 is 53.6. The van der Waals surface area contributed by atoms with Crippen molar-refractivity contribution < 1.29 is 22.0 Å². The summed E-state index contributed by atoms with van der Waals surface area (Å²) in [4.78, 5) is 14.6. The van der Waals surface area contributed by atoms with Gasteiger partial charge in [-0.15, -0.1) is 0 Å². The van der Waals surface area contributed by atoms with Gasteiger partial charge in [-0.3, -0.25) is 9.69 Å². The lowest BCUT2D eigenvalue weighted by atomic mass is 10.0. The summed E-state index contributed by atoms with van der Waals surface area (Å²) in [6.07, 6.45) is 1.96. The molecule has 2 aliphatic rings. The third kappa shape index (κ3) is 4.38. The number of carbonyl (C=O) groups excluding carboxylic acids is 1. The van der Waals surface area contributed by atoms with Gasteiger partial charge in [0.1, 0.15) is 6.04 Å². The molecule has 30 heavy (non-hydrogen) atoms. The summed E-state index contributed by atoms with van der Waals surface area (Å²) in [5.74, 6) is -2.37. The summed E-state index contributed by atoms with van der Waals surface area (Å²) in [6.45, 7) is 1.00. The van der Waals surface area contributed by atoms with Crippen LogP contribution in [0.4, 0.5) is 8.78 Å². The Morgan fingerprint density at radius 1 is 0.967 bits per heavy atom. The highest BCUT2D eigenvalue weighted by molar-refractivity contribution is 7.89. The number of hydrogen-bond acceptors (Lipinski definition) is 4. The van der Waals surface area contributed by atoms with Crippen molar-refractivity contribution in [2.24, 2.45) is 0 Å². The number of hydrogen-bond donors (Lipinski definition) is 1. The van der Waals surface area contributed by atoms with E-state index in [1.54, 1.807) is 0 Å². The van der Waals surface area contributed by atoms with Crippen molar-refractivity contribution in [2.75, 3.05) is 26.2 Å². The van der Waals surface area contributed by atoms with Crippen LogP contribution in [0.2, 0.25) is 0 Å². The molecular weight excluding hydrogens is 412 g/mol. The highest BCUT2D eigenvalue weighted by Crippen LogP contribution is 2.27. The fraction of sp³-hybridized carbons (Fsp3) is 0.381. The number of nitrogens with zero attached hydrogens (tertiary/aromatic N) is 2. The van der Waals surface area contributed by atoms with Gasteiger partial charge in [-0.05, 0) is 36.6 Å². The zero-order valence-corrected chi connectivity index (χ0v) is 17.1. The number of carbonyl (C=O) groups is 1. The standard InChI is InChI=1S/C21H23F2N3O3S/c22-18-9-8-17(14-19(18)23)30(28,29)26-12-10-25(11-13-26)20(15-4-2-1-3-5-15)21(27)24-16-6-7-16/h1-5,8-9,14,16,20H,6-7,10-13H2,(H,24,27)/t20-/m0/s1. The minimum atomic E-state index is -3.94. The molecule has 2 fully saturated rings. The Labute approximate surface area is 174 Å². The van der Waals surface area contributed by atoms with Crippen molar-refractivity contribution in [1.82, 2.24) is 14.5 Å². The van der Waals surface area contributed by atoms with Crippen molar-refractivity contribution in [2.45, 2.75) is 29.8 Å². The smallest absolute Gasteiger partial charge is 0.243 e. The fourth-order valence-corrected chi connectivity index (χ4v) is 5.09. The normalized spacial score (nSPS) is 19.4. The van der Waals surface area contributed by atoms with E-state index in [-0.39, 0.29) is 29.9 Å². The second-order valence-electron chi connectivity index (χ2n) is 7.61. The molecule has 1 atom stereocenters. The van der Waals surface area contributed by atoms with E-state index in [2.05, 4.69) is 5.32 Å². The van der Waals surface area contributed by atoms with Crippen LogP contribution in [0.15, 0.2) is 53.4 Å². The number of piperazine rings is 1. The number of benzene rings is 2. The first-order valence-corrected chi connectivity index (χ1v) is 11.3. The first kappa shape index (κ1) is 20.9. The summed E-state index contributed by atoms with van der Waals surface area (Å²) in [7, 11) is -3.94. The molecule has 0 radical (unpaired) electrons. The van der Waals surface area contributed by atoms with Gasteiger partial charge in [0.25, 0.3) is 0 Å². The maximum atomic E-state index is 13.5. The topological polar surface area (TPSA) is 69.7 Å². The van der Waals surface area contributed by atoms with E-state index < -0.39 is 27.7 Å². The van der Waals surface area contributed by atoms with Gasteiger partial charge in [0.05, 0.1) is 4.90 Å². The van der Waals surface area contributed by atoms with Crippen molar-refractivity contribution in [3.63, 3.8) is 0 Å². The summed E-state index contributed by atoms with van der Waals surface area (Å²) in [5.41, 5.74) is 0.854. The van der Waals surface area contributed by atoms with Crippen LogP contribution in [-0.2, 0) is 14.8 Å². The fourth-order valence-electron chi connectivity index (χ4n) is 3.66. The van der Waals surface area contributed by atoms with Crippen LogP contribution in [0.5, 0.6) is 0 Å². The monoisotopic (exact) mass is 435 g/mol. The van der Waals surface area contributed by atoms with Crippen LogP contribution in [0, 0.1) is 11.6 Å². The zero-order chi connectivity index (χ0) is 21.3. The first-order valence-electron chi connectivity index (χ1n) is 9.91. The molecule has 2 aromatic rings. The summed E-state index contributed by atoms with van der Waals surface area (Å²) in [6, 6.07) is 11.7. The maximum absolute atomic E-state index is 13.5. The lowest BCUT2D eigenvalue weighted by Crippen LogP contribution is -2.52. The Bertz CT molecular complexity index is 1020. The Hall–Kier alpha value is -2.36. The molecule has 0 aromatic heterocycles. The van der Waals surface area contributed by atoms with Gasteiger partial charge < -0.3 is 5.32 Å². The Balaban J connectivity index is 1.50. The van der Waals surface area contributed by atoms with E-state index in [0.29, 0.717) is 19.2 Å². The molecule has 6 nitrogen and oxygen atoms in total. The SMILES string of the molecule is O=C(NC1CC1)[C@H](c1ccccc1)N1CCN(S(=O)(=O)c2ccc(F)c(F)c2)CC1. The van der Waals surface area contributed by atoms with E-state index in [1.807, 2.05) is 35.2 Å². The van der Waals surface area contributed by atoms with Crippen LogP contribution in [0.25, 0.3) is 0 Å². The predicted octanol–water partition coefficient (Wildman–Crippen LogP) is 2.29. The number of amides is 1. The first-order chi connectivity index (χ1) is 14.4. The number of nitrogens with one attached hydrogen (secondary N) is 1. The molecule has 9 heteroatoms. The van der Waals surface area contributed by atoms with Crippen LogP contribution < -0.4 is 5.32 Å². The summed E-state index contributed by atoms with van der Waals surface area (Å²) in [5, 5.41) is 3.04. The molecule has 160 valence electrons. The van der Waals surface area contributed by atoms with E-state index in [1.165, 1.54) is 4.31 Å². The van der Waals surface area contributed by atoms with E-state index in [9.17, 15) is 22.0 Å². The minimum Gasteiger partial charge on any atom is -0.352 e. The number of halogens is 2. The Morgan fingerprint density at radius 3 is 2.23 bits per heavy atom. The van der Waals surface area contributed by atoms with Gasteiger partial charge in [-0.25, -0.2) is 17.2 Å². The molecule has 1 heterocycles. The molecule has 4 rings (SSSR count). The van der Waals surface area contributed by atoms with Gasteiger partial charge in [0.2, 0.25) is 15.9 Å². The van der Waals surface area contributed by atoms with E-state index in [0.717, 1.165) is 30.5 Å². The quantitative estimate of drug-likeness (QED) is 0.756.